The Morgan fingerprint density at radius 3 is 2.25 bits per heavy atom. The van der Waals surface area contributed by atoms with Crippen molar-refractivity contribution < 1.29 is 24.2 Å². The number of carboxylic acid groups (broad SMARTS) is 1. The highest BCUT2D eigenvalue weighted by Gasteiger charge is 2.29. The largest absolute Gasteiger partial charge is 0.480 e. The molecule has 20 heavy (non-hydrogen) atoms. The number of carbonyl (C=O) groups excluding carboxylic acids is 2. The third kappa shape index (κ3) is 3.91. The summed E-state index contributed by atoms with van der Waals surface area (Å²) in [6, 6.07) is 0. The van der Waals surface area contributed by atoms with Crippen molar-refractivity contribution in [2.24, 2.45) is 0 Å². The second-order valence-electron chi connectivity index (χ2n) is 4.96. The molecule has 0 saturated carbocycles. The van der Waals surface area contributed by atoms with Gasteiger partial charge in [0.25, 0.3) is 0 Å². The van der Waals surface area contributed by atoms with Crippen molar-refractivity contribution in [1.82, 2.24) is 14.7 Å². The highest BCUT2D eigenvalue weighted by molar-refractivity contribution is 5.94. The molecule has 0 aromatic carbocycles. The molecule has 2 heterocycles. The zero-order valence-corrected chi connectivity index (χ0v) is 11.3. The lowest BCUT2D eigenvalue weighted by Gasteiger charge is -2.21. The van der Waals surface area contributed by atoms with Crippen molar-refractivity contribution in [2.45, 2.75) is 6.42 Å². The first-order chi connectivity index (χ1) is 9.56. The number of imide groups is 1. The number of amides is 2. The monoisotopic (exact) mass is 285 g/mol. The predicted molar refractivity (Wildman–Crippen MR) is 68.2 cm³/mol. The van der Waals surface area contributed by atoms with Crippen LogP contribution in [0.3, 0.4) is 0 Å². The number of rotatable bonds is 4. The molecule has 0 unspecified atom stereocenters. The minimum Gasteiger partial charge on any atom is -0.480 e. The van der Waals surface area contributed by atoms with Gasteiger partial charge in [-0.15, -0.1) is 0 Å². The summed E-state index contributed by atoms with van der Waals surface area (Å²) in [5.41, 5.74) is 0. The Bertz CT molecular complexity index is 401. The van der Waals surface area contributed by atoms with E-state index in [0.29, 0.717) is 26.2 Å². The second-order valence-corrected chi connectivity index (χ2v) is 4.96. The standard InChI is InChI=1S/C12H19N3O5/c16-10(15-6-7-20-12(15)19)8-13-2-1-3-14(5-4-13)9-11(17)18/h1-9H2,(H,17,18). The predicted octanol–water partition coefficient (Wildman–Crippen LogP) is -0.942. The summed E-state index contributed by atoms with van der Waals surface area (Å²) in [5.74, 6) is -1.09. The molecule has 8 nitrogen and oxygen atoms in total. The highest BCUT2D eigenvalue weighted by atomic mass is 16.6. The Morgan fingerprint density at radius 2 is 1.70 bits per heavy atom. The van der Waals surface area contributed by atoms with Crippen molar-refractivity contribution in [3.63, 3.8) is 0 Å². The number of cyclic esters (lactones) is 1. The van der Waals surface area contributed by atoms with Crippen LogP contribution >= 0.6 is 0 Å². The van der Waals surface area contributed by atoms with E-state index in [9.17, 15) is 14.4 Å². The van der Waals surface area contributed by atoms with Crippen LogP contribution in [0, 0.1) is 0 Å². The third-order valence-electron chi connectivity index (χ3n) is 3.46. The smallest absolute Gasteiger partial charge is 0.416 e. The van der Waals surface area contributed by atoms with Crippen molar-refractivity contribution in [2.75, 3.05) is 52.4 Å². The van der Waals surface area contributed by atoms with Gasteiger partial charge in [0.1, 0.15) is 6.61 Å². The van der Waals surface area contributed by atoms with E-state index in [1.165, 1.54) is 0 Å². The lowest BCUT2D eigenvalue weighted by molar-refractivity contribution is -0.138. The molecule has 0 spiro atoms. The maximum atomic E-state index is 12.0. The average Bonchev–Trinajstić information content (AvgIpc) is 2.69. The molecule has 2 amide bonds. The van der Waals surface area contributed by atoms with Gasteiger partial charge in [-0.3, -0.25) is 19.4 Å². The molecule has 0 atom stereocenters. The lowest BCUT2D eigenvalue weighted by Crippen LogP contribution is -2.42. The van der Waals surface area contributed by atoms with Gasteiger partial charge in [-0.2, -0.15) is 0 Å². The zero-order valence-electron chi connectivity index (χ0n) is 11.3. The van der Waals surface area contributed by atoms with Gasteiger partial charge in [0.15, 0.2) is 0 Å². The van der Waals surface area contributed by atoms with E-state index in [0.717, 1.165) is 17.9 Å². The molecule has 2 fully saturated rings. The lowest BCUT2D eigenvalue weighted by atomic mass is 10.3. The number of hydrogen-bond acceptors (Lipinski definition) is 6. The Morgan fingerprint density at radius 1 is 1.05 bits per heavy atom. The van der Waals surface area contributed by atoms with Crippen molar-refractivity contribution in [3.05, 3.63) is 0 Å². The van der Waals surface area contributed by atoms with E-state index in [2.05, 4.69) is 0 Å². The van der Waals surface area contributed by atoms with Gasteiger partial charge in [0.05, 0.1) is 19.6 Å². The van der Waals surface area contributed by atoms with Crippen LogP contribution in [-0.2, 0) is 14.3 Å². The third-order valence-corrected chi connectivity index (χ3v) is 3.46. The van der Waals surface area contributed by atoms with Gasteiger partial charge in [0.2, 0.25) is 5.91 Å². The zero-order chi connectivity index (χ0) is 14.5. The summed E-state index contributed by atoms with van der Waals surface area (Å²) in [4.78, 5) is 38.9. The summed E-state index contributed by atoms with van der Waals surface area (Å²) in [7, 11) is 0. The first-order valence-electron chi connectivity index (χ1n) is 6.70. The molecule has 112 valence electrons. The van der Waals surface area contributed by atoms with Crippen LogP contribution in [0.2, 0.25) is 0 Å². The second kappa shape index (κ2) is 6.67. The van der Waals surface area contributed by atoms with Gasteiger partial charge in [-0.25, -0.2) is 9.69 Å². The summed E-state index contributed by atoms with van der Waals surface area (Å²) in [5, 5.41) is 8.77. The molecule has 0 radical (unpaired) electrons. The quantitative estimate of drug-likeness (QED) is 0.712. The number of carbonyl (C=O) groups is 3. The fourth-order valence-electron chi connectivity index (χ4n) is 2.43. The maximum Gasteiger partial charge on any atom is 0.416 e. The van der Waals surface area contributed by atoms with E-state index in [1.54, 1.807) is 0 Å². The molecule has 0 aliphatic carbocycles. The van der Waals surface area contributed by atoms with E-state index < -0.39 is 12.1 Å². The molecule has 0 bridgehead atoms. The van der Waals surface area contributed by atoms with Gasteiger partial charge in [0, 0.05) is 19.6 Å². The molecular weight excluding hydrogens is 266 g/mol. The molecule has 2 aliphatic rings. The van der Waals surface area contributed by atoms with Gasteiger partial charge < -0.3 is 9.84 Å². The van der Waals surface area contributed by atoms with E-state index in [1.807, 2.05) is 9.80 Å². The topological polar surface area (TPSA) is 90.4 Å². The normalized spacial score (nSPS) is 21.6. The molecule has 8 heteroatoms. The average molecular weight is 285 g/mol. The van der Waals surface area contributed by atoms with E-state index in [-0.39, 0.29) is 25.6 Å². The number of aliphatic carboxylic acids is 1. The van der Waals surface area contributed by atoms with Crippen LogP contribution in [-0.4, -0.2) is 90.2 Å². The highest BCUT2D eigenvalue weighted by Crippen LogP contribution is 2.07. The van der Waals surface area contributed by atoms with Crippen molar-refractivity contribution in [1.29, 1.82) is 0 Å². The fraction of sp³-hybridized carbons (Fsp3) is 0.750. The summed E-state index contributed by atoms with van der Waals surface area (Å²) in [6.07, 6.45) is 0.239. The first-order valence-corrected chi connectivity index (χ1v) is 6.70. The van der Waals surface area contributed by atoms with Gasteiger partial charge >= 0.3 is 12.1 Å². The fourth-order valence-corrected chi connectivity index (χ4v) is 2.43. The Balaban J connectivity index is 1.80. The minimum absolute atomic E-state index is 0.0280. The molecule has 1 N–H and O–H groups in total. The first kappa shape index (κ1) is 14.7. The summed E-state index contributed by atoms with van der Waals surface area (Å²) >= 11 is 0. The van der Waals surface area contributed by atoms with E-state index in [4.69, 9.17) is 9.84 Å². The number of ether oxygens (including phenoxy) is 1. The Hall–Kier alpha value is -1.67. The van der Waals surface area contributed by atoms with Crippen LogP contribution in [0.25, 0.3) is 0 Å². The number of carboxylic acids is 1. The summed E-state index contributed by atoms with van der Waals surface area (Å²) in [6.45, 7) is 3.46. The maximum absolute atomic E-state index is 12.0. The van der Waals surface area contributed by atoms with Crippen LogP contribution in [0.1, 0.15) is 6.42 Å². The number of nitrogens with zero attached hydrogens (tertiary/aromatic N) is 3. The molecule has 2 saturated heterocycles. The van der Waals surface area contributed by atoms with Gasteiger partial charge in [-0.1, -0.05) is 0 Å². The molecule has 0 aromatic rings. The molecule has 2 aliphatic heterocycles. The summed E-state index contributed by atoms with van der Waals surface area (Å²) < 4.78 is 4.74. The van der Waals surface area contributed by atoms with Crippen molar-refractivity contribution in [3.8, 4) is 0 Å². The van der Waals surface area contributed by atoms with E-state index >= 15 is 0 Å². The Labute approximate surface area is 116 Å². The van der Waals surface area contributed by atoms with Crippen LogP contribution in [0.4, 0.5) is 4.79 Å². The van der Waals surface area contributed by atoms with Crippen LogP contribution in [0.15, 0.2) is 0 Å². The van der Waals surface area contributed by atoms with Crippen LogP contribution in [0.5, 0.6) is 0 Å². The number of hydrogen-bond donors (Lipinski definition) is 1. The van der Waals surface area contributed by atoms with Gasteiger partial charge in [-0.05, 0) is 13.0 Å². The van der Waals surface area contributed by atoms with Crippen LogP contribution < -0.4 is 0 Å². The van der Waals surface area contributed by atoms with Crippen molar-refractivity contribution >= 4 is 18.0 Å². The Kier molecular flexibility index (Phi) is 4.91. The SMILES string of the molecule is O=C(O)CN1CCCN(CC(=O)N2CCOC2=O)CC1. The molecular formula is C12H19N3O5. The minimum atomic E-state index is -0.839. The molecule has 0 aromatic heterocycles. The molecule has 2 rings (SSSR count).